The van der Waals surface area contributed by atoms with E-state index in [-0.39, 0.29) is 0 Å². The van der Waals surface area contributed by atoms with E-state index in [2.05, 4.69) is 5.32 Å². The Labute approximate surface area is 101 Å². The fourth-order valence-electron chi connectivity index (χ4n) is 1.45. The van der Waals surface area contributed by atoms with Gasteiger partial charge in [0.05, 0.1) is 12.7 Å². The van der Waals surface area contributed by atoms with E-state index >= 15 is 0 Å². The number of halogens is 1. The van der Waals surface area contributed by atoms with Gasteiger partial charge in [0.2, 0.25) is 0 Å². The van der Waals surface area contributed by atoms with Crippen LogP contribution in [0, 0.1) is 0 Å². The van der Waals surface area contributed by atoms with Crippen molar-refractivity contribution in [3.63, 3.8) is 0 Å². The van der Waals surface area contributed by atoms with E-state index in [1.54, 1.807) is 7.11 Å². The fourth-order valence-corrected chi connectivity index (χ4v) is 1.66. The maximum absolute atomic E-state index is 9.75. The summed E-state index contributed by atoms with van der Waals surface area (Å²) in [5.74, 6) is 0. The number of hydrogen-bond donors (Lipinski definition) is 2. The van der Waals surface area contributed by atoms with Crippen molar-refractivity contribution in [3.05, 3.63) is 34.9 Å². The molecule has 1 aromatic carbocycles. The highest BCUT2D eigenvalue weighted by Gasteiger charge is 2.05. The average Bonchev–Trinajstić information content (AvgIpc) is 2.24. The lowest BCUT2D eigenvalue weighted by atomic mass is 10.1. The quantitative estimate of drug-likeness (QED) is 0.713. The Morgan fingerprint density at radius 2 is 2.31 bits per heavy atom. The molecule has 0 spiro atoms. The molecule has 2 N–H and O–H groups in total. The first-order valence-corrected chi connectivity index (χ1v) is 5.72. The van der Waals surface area contributed by atoms with Gasteiger partial charge in [-0.2, -0.15) is 0 Å². The first kappa shape index (κ1) is 13.5. The second kappa shape index (κ2) is 7.63. The van der Waals surface area contributed by atoms with Crippen molar-refractivity contribution in [2.24, 2.45) is 0 Å². The molecule has 0 bridgehead atoms. The van der Waals surface area contributed by atoms with Gasteiger partial charge in [-0.3, -0.25) is 0 Å². The molecule has 1 unspecified atom stereocenters. The molecule has 0 aliphatic carbocycles. The molecule has 1 aromatic rings. The number of rotatable bonds is 7. The number of aliphatic hydroxyl groups excluding tert-OH is 1. The maximum Gasteiger partial charge on any atom is 0.0704 e. The minimum absolute atomic E-state index is 0.393. The van der Waals surface area contributed by atoms with Crippen LogP contribution in [0.3, 0.4) is 0 Å². The molecule has 0 amide bonds. The minimum atomic E-state index is -0.393. The molecule has 90 valence electrons. The number of benzene rings is 1. The van der Waals surface area contributed by atoms with Gasteiger partial charge in [0.15, 0.2) is 0 Å². The molecule has 1 rings (SSSR count). The molecule has 0 saturated heterocycles. The average molecular weight is 244 g/mol. The van der Waals surface area contributed by atoms with Crippen LogP contribution >= 0.6 is 11.6 Å². The molecule has 0 heterocycles. The summed E-state index contributed by atoms with van der Waals surface area (Å²) in [5, 5.41) is 13.6. The van der Waals surface area contributed by atoms with Crippen molar-refractivity contribution in [1.82, 2.24) is 5.32 Å². The van der Waals surface area contributed by atoms with Gasteiger partial charge >= 0.3 is 0 Å². The van der Waals surface area contributed by atoms with Gasteiger partial charge in [-0.05, 0) is 24.1 Å². The number of nitrogens with one attached hydrogen (secondary N) is 1. The van der Waals surface area contributed by atoms with Gasteiger partial charge in [0.1, 0.15) is 0 Å². The molecule has 3 nitrogen and oxygen atoms in total. The lowest BCUT2D eigenvalue weighted by Crippen LogP contribution is -2.30. The lowest BCUT2D eigenvalue weighted by molar-refractivity contribution is 0.160. The van der Waals surface area contributed by atoms with Crippen molar-refractivity contribution < 1.29 is 9.84 Å². The number of aliphatic hydroxyl groups is 1. The summed E-state index contributed by atoms with van der Waals surface area (Å²) >= 11 is 5.86. The minimum Gasteiger partial charge on any atom is -0.391 e. The van der Waals surface area contributed by atoms with E-state index in [0.717, 1.165) is 12.1 Å². The molecule has 0 aliphatic heterocycles. The monoisotopic (exact) mass is 243 g/mol. The van der Waals surface area contributed by atoms with Gasteiger partial charge in [-0.15, -0.1) is 0 Å². The van der Waals surface area contributed by atoms with E-state index in [4.69, 9.17) is 16.3 Å². The first-order chi connectivity index (χ1) is 7.72. The van der Waals surface area contributed by atoms with Gasteiger partial charge in [0.25, 0.3) is 0 Å². The third kappa shape index (κ3) is 5.47. The molecule has 0 radical (unpaired) electrons. The molecule has 0 aliphatic rings. The molecule has 1 atom stereocenters. The number of ether oxygens (including phenoxy) is 1. The smallest absolute Gasteiger partial charge is 0.0704 e. The Hall–Kier alpha value is -0.610. The maximum atomic E-state index is 9.75. The SMILES string of the molecule is COCCNCC(O)Cc1cccc(Cl)c1. The van der Waals surface area contributed by atoms with Crippen molar-refractivity contribution in [1.29, 1.82) is 0 Å². The van der Waals surface area contributed by atoms with Crippen LogP contribution in [0.15, 0.2) is 24.3 Å². The van der Waals surface area contributed by atoms with Crippen molar-refractivity contribution in [2.45, 2.75) is 12.5 Å². The standard InChI is InChI=1S/C12H18ClNO2/c1-16-6-5-14-9-12(15)8-10-3-2-4-11(13)7-10/h2-4,7,12,14-15H,5-6,8-9H2,1H3. The summed E-state index contributed by atoms with van der Waals surface area (Å²) in [6, 6.07) is 7.56. The molecule has 0 saturated carbocycles. The third-order valence-corrected chi connectivity index (χ3v) is 2.46. The van der Waals surface area contributed by atoms with Crippen molar-refractivity contribution in [2.75, 3.05) is 26.8 Å². The summed E-state index contributed by atoms with van der Waals surface area (Å²) in [6.07, 6.45) is 0.218. The second-order valence-electron chi connectivity index (χ2n) is 3.68. The van der Waals surface area contributed by atoms with Gasteiger partial charge in [-0.25, -0.2) is 0 Å². The summed E-state index contributed by atoms with van der Waals surface area (Å²) < 4.78 is 4.90. The van der Waals surface area contributed by atoms with Crippen molar-refractivity contribution >= 4 is 11.6 Å². The van der Waals surface area contributed by atoms with Crippen LogP contribution in [-0.4, -0.2) is 38.0 Å². The van der Waals surface area contributed by atoms with Crippen LogP contribution < -0.4 is 5.32 Å². The van der Waals surface area contributed by atoms with E-state index < -0.39 is 6.10 Å². The Bertz CT molecular complexity index is 307. The largest absolute Gasteiger partial charge is 0.391 e. The second-order valence-corrected chi connectivity index (χ2v) is 4.12. The Morgan fingerprint density at radius 3 is 3.00 bits per heavy atom. The normalized spacial score (nSPS) is 12.7. The molecular weight excluding hydrogens is 226 g/mol. The summed E-state index contributed by atoms with van der Waals surface area (Å²) in [6.45, 7) is 1.98. The highest BCUT2D eigenvalue weighted by molar-refractivity contribution is 6.30. The Balaban J connectivity index is 2.25. The molecule has 0 fully saturated rings. The van der Waals surface area contributed by atoms with E-state index in [0.29, 0.717) is 24.6 Å². The van der Waals surface area contributed by atoms with E-state index in [9.17, 15) is 5.11 Å². The number of hydrogen-bond acceptors (Lipinski definition) is 3. The zero-order valence-corrected chi connectivity index (χ0v) is 10.2. The van der Waals surface area contributed by atoms with Gasteiger partial charge < -0.3 is 15.2 Å². The van der Waals surface area contributed by atoms with Crippen molar-refractivity contribution in [3.8, 4) is 0 Å². The highest BCUT2D eigenvalue weighted by Crippen LogP contribution is 2.12. The van der Waals surface area contributed by atoms with Crippen LogP contribution in [-0.2, 0) is 11.2 Å². The summed E-state index contributed by atoms with van der Waals surface area (Å²) in [4.78, 5) is 0. The van der Waals surface area contributed by atoms with Crippen LogP contribution in [0.4, 0.5) is 0 Å². The third-order valence-electron chi connectivity index (χ3n) is 2.22. The predicted molar refractivity (Wildman–Crippen MR) is 65.9 cm³/mol. The summed E-state index contributed by atoms with van der Waals surface area (Å²) in [5.41, 5.74) is 1.05. The topological polar surface area (TPSA) is 41.5 Å². The van der Waals surface area contributed by atoms with Gasteiger partial charge in [0, 0.05) is 25.2 Å². The Morgan fingerprint density at radius 1 is 1.50 bits per heavy atom. The zero-order valence-electron chi connectivity index (χ0n) is 9.45. The highest BCUT2D eigenvalue weighted by atomic mass is 35.5. The molecule has 0 aromatic heterocycles. The van der Waals surface area contributed by atoms with Crippen LogP contribution in [0.1, 0.15) is 5.56 Å². The zero-order chi connectivity index (χ0) is 11.8. The molecular formula is C12H18ClNO2. The molecule has 4 heteroatoms. The van der Waals surface area contributed by atoms with E-state index in [1.807, 2.05) is 24.3 Å². The predicted octanol–water partition coefficient (Wildman–Crippen LogP) is 1.48. The van der Waals surface area contributed by atoms with Crippen LogP contribution in [0.25, 0.3) is 0 Å². The first-order valence-electron chi connectivity index (χ1n) is 5.34. The lowest BCUT2D eigenvalue weighted by Gasteiger charge is -2.11. The summed E-state index contributed by atoms with van der Waals surface area (Å²) in [7, 11) is 1.66. The fraction of sp³-hybridized carbons (Fsp3) is 0.500. The van der Waals surface area contributed by atoms with Crippen LogP contribution in [0.5, 0.6) is 0 Å². The van der Waals surface area contributed by atoms with Gasteiger partial charge in [-0.1, -0.05) is 23.7 Å². The molecule has 16 heavy (non-hydrogen) atoms. The van der Waals surface area contributed by atoms with Crippen LogP contribution in [0.2, 0.25) is 5.02 Å². The van der Waals surface area contributed by atoms with E-state index in [1.165, 1.54) is 0 Å². The number of methoxy groups -OCH3 is 1. The Kier molecular flexibility index (Phi) is 6.42.